The van der Waals surface area contributed by atoms with Crippen molar-refractivity contribution in [1.29, 1.82) is 0 Å². The molecule has 0 aromatic carbocycles. The van der Waals surface area contributed by atoms with E-state index in [9.17, 15) is 9.59 Å². The van der Waals surface area contributed by atoms with E-state index >= 15 is 0 Å². The van der Waals surface area contributed by atoms with Gasteiger partial charge in [0.25, 0.3) is 11.8 Å². The van der Waals surface area contributed by atoms with Crippen molar-refractivity contribution in [2.75, 3.05) is 40.3 Å². The minimum Gasteiger partial charge on any atom is -0.361 e. The van der Waals surface area contributed by atoms with Gasteiger partial charge in [-0.1, -0.05) is 65.7 Å². The molecule has 0 saturated heterocycles. The number of amides is 2. The smallest absolute Gasteiger partial charge is 0.273 e. The molecule has 0 aliphatic rings. The third kappa shape index (κ3) is 10.3. The Kier molecular flexibility index (Phi) is 14.2. The molecule has 2 amide bonds. The van der Waals surface area contributed by atoms with E-state index in [0.29, 0.717) is 36.6 Å². The minimum absolute atomic E-state index is 0.0161. The molecule has 2 rings (SSSR count). The van der Waals surface area contributed by atoms with E-state index in [2.05, 4.69) is 100 Å². The summed E-state index contributed by atoms with van der Waals surface area (Å²) in [4.78, 5) is 28.8. The lowest BCUT2D eigenvalue weighted by Crippen LogP contribution is -2.47. The van der Waals surface area contributed by atoms with Gasteiger partial charge in [-0.05, 0) is 58.8 Å². The van der Waals surface area contributed by atoms with Crippen LogP contribution >= 0.6 is 0 Å². The normalized spacial score (nSPS) is 13.5. The number of rotatable bonds is 14. The zero-order chi connectivity index (χ0) is 31.5. The van der Waals surface area contributed by atoms with Gasteiger partial charge in [-0.25, -0.2) is 0 Å². The van der Waals surface area contributed by atoms with Crippen LogP contribution in [0.3, 0.4) is 0 Å². The maximum Gasteiger partial charge on any atom is 0.273 e. The Morgan fingerprint density at radius 2 is 1.32 bits per heavy atom. The maximum absolute atomic E-state index is 12.3. The summed E-state index contributed by atoms with van der Waals surface area (Å²) in [5.74, 6) is 1.18. The third-order valence-corrected chi connectivity index (χ3v) is 8.69. The predicted molar refractivity (Wildman–Crippen MR) is 164 cm³/mol. The summed E-state index contributed by atoms with van der Waals surface area (Å²) in [6.07, 6.45) is 1.49. The summed E-state index contributed by atoms with van der Waals surface area (Å²) in [7, 11) is 4.20. The van der Waals surface area contributed by atoms with Crippen molar-refractivity contribution in [3.05, 3.63) is 34.5 Å². The molecule has 2 N–H and O–H groups in total. The van der Waals surface area contributed by atoms with Gasteiger partial charge in [0.05, 0.1) is 0 Å². The largest absolute Gasteiger partial charge is 0.361 e. The highest BCUT2D eigenvalue weighted by molar-refractivity contribution is 5.93. The fraction of sp³-hybridized carbons (Fsp3) is 0.742. The highest BCUT2D eigenvalue weighted by atomic mass is 16.5. The van der Waals surface area contributed by atoms with E-state index < -0.39 is 0 Å². The quantitative estimate of drug-likeness (QED) is 0.324. The van der Waals surface area contributed by atoms with Crippen LogP contribution in [0.1, 0.15) is 107 Å². The van der Waals surface area contributed by atoms with E-state index in [1.165, 1.54) is 0 Å². The molecule has 10 nitrogen and oxygen atoms in total. The Morgan fingerprint density at radius 1 is 0.829 bits per heavy atom. The van der Waals surface area contributed by atoms with Crippen LogP contribution in [0.25, 0.3) is 0 Å². The van der Waals surface area contributed by atoms with Gasteiger partial charge in [-0.15, -0.1) is 0 Å². The Balaban J connectivity index is 0.000000410. The SMILES string of the molecule is CCc1cc(C(=O)NCC(C)(C)C(C)N(C)CC)no1.CCc1onc(C(=O)NCC(C)(C)C(C)N(C)CC)c1C. The Bertz CT molecular complexity index is 1090. The van der Waals surface area contributed by atoms with Crippen molar-refractivity contribution < 1.29 is 18.6 Å². The number of hydrogen-bond acceptors (Lipinski definition) is 8. The second kappa shape index (κ2) is 16.1. The van der Waals surface area contributed by atoms with Crippen LogP contribution in [0.15, 0.2) is 15.1 Å². The minimum atomic E-state index is -0.173. The molecule has 0 saturated carbocycles. The molecule has 2 unspecified atom stereocenters. The van der Waals surface area contributed by atoms with Crippen LogP contribution in [0, 0.1) is 17.8 Å². The molecule has 2 aromatic heterocycles. The highest BCUT2D eigenvalue weighted by Gasteiger charge is 2.30. The number of nitrogens with one attached hydrogen (secondary N) is 2. The zero-order valence-electron chi connectivity index (χ0n) is 27.9. The molecule has 10 heteroatoms. The molecule has 41 heavy (non-hydrogen) atoms. The van der Waals surface area contributed by atoms with Crippen molar-refractivity contribution >= 4 is 11.8 Å². The number of hydrogen-bond donors (Lipinski definition) is 2. The molecule has 2 aromatic rings. The van der Waals surface area contributed by atoms with Gasteiger partial charge in [0.15, 0.2) is 11.4 Å². The van der Waals surface area contributed by atoms with E-state index in [1.54, 1.807) is 6.07 Å². The van der Waals surface area contributed by atoms with Gasteiger partial charge in [-0.2, -0.15) is 0 Å². The maximum atomic E-state index is 12.3. The first-order chi connectivity index (χ1) is 19.1. The lowest BCUT2D eigenvalue weighted by atomic mass is 9.84. The summed E-state index contributed by atoms with van der Waals surface area (Å²) in [5, 5.41) is 13.6. The first-order valence-electron chi connectivity index (χ1n) is 14.9. The van der Waals surface area contributed by atoms with E-state index in [4.69, 9.17) is 9.05 Å². The first-order valence-corrected chi connectivity index (χ1v) is 14.9. The molecule has 2 heterocycles. The fourth-order valence-corrected chi connectivity index (χ4v) is 4.32. The number of carbonyl (C=O) groups is 2. The van der Waals surface area contributed by atoms with Crippen LogP contribution in [0.4, 0.5) is 0 Å². The van der Waals surface area contributed by atoms with E-state index in [0.717, 1.165) is 43.0 Å². The lowest BCUT2D eigenvalue weighted by Gasteiger charge is -2.37. The van der Waals surface area contributed by atoms with E-state index in [1.807, 2.05) is 20.8 Å². The molecule has 2 atom stereocenters. The summed E-state index contributed by atoms with van der Waals surface area (Å²) in [6, 6.07) is 2.44. The third-order valence-electron chi connectivity index (χ3n) is 8.69. The zero-order valence-corrected chi connectivity index (χ0v) is 27.9. The molecule has 0 aliphatic heterocycles. The lowest BCUT2D eigenvalue weighted by molar-refractivity contribution is 0.0870. The first kappa shape index (κ1) is 36.3. The average Bonchev–Trinajstić information content (AvgIpc) is 3.59. The number of carbonyl (C=O) groups excluding carboxylic acids is 2. The second-order valence-electron chi connectivity index (χ2n) is 12.3. The summed E-state index contributed by atoms with van der Waals surface area (Å²) >= 11 is 0. The molecule has 0 fully saturated rings. The van der Waals surface area contributed by atoms with Gasteiger partial charge in [0.1, 0.15) is 11.5 Å². The van der Waals surface area contributed by atoms with Gasteiger partial charge >= 0.3 is 0 Å². The van der Waals surface area contributed by atoms with Crippen molar-refractivity contribution in [1.82, 2.24) is 30.7 Å². The van der Waals surface area contributed by atoms with Crippen molar-refractivity contribution in [2.45, 2.75) is 101 Å². The number of aryl methyl sites for hydroxylation is 2. The van der Waals surface area contributed by atoms with Gasteiger partial charge in [0, 0.05) is 49.6 Å². The van der Waals surface area contributed by atoms with Gasteiger partial charge in [0.2, 0.25) is 0 Å². The fourth-order valence-electron chi connectivity index (χ4n) is 4.32. The molecule has 0 spiro atoms. The number of aromatic nitrogens is 2. The summed E-state index contributed by atoms with van der Waals surface area (Å²) < 4.78 is 10.2. The highest BCUT2D eigenvalue weighted by Crippen LogP contribution is 2.24. The van der Waals surface area contributed by atoms with Crippen LogP contribution in [0.5, 0.6) is 0 Å². The van der Waals surface area contributed by atoms with Crippen LogP contribution < -0.4 is 10.6 Å². The second-order valence-corrected chi connectivity index (χ2v) is 12.3. The topological polar surface area (TPSA) is 117 Å². The molecule has 0 bridgehead atoms. The average molecular weight is 577 g/mol. The Morgan fingerprint density at radius 3 is 1.71 bits per heavy atom. The van der Waals surface area contributed by atoms with Crippen LogP contribution in [0.2, 0.25) is 0 Å². The Hall–Kier alpha value is -2.72. The van der Waals surface area contributed by atoms with Crippen LogP contribution in [-0.4, -0.2) is 84.3 Å². The van der Waals surface area contributed by atoms with E-state index in [-0.39, 0.29) is 22.6 Å². The van der Waals surface area contributed by atoms with Gasteiger partial charge < -0.3 is 29.5 Å². The Labute approximate surface area is 247 Å². The van der Waals surface area contributed by atoms with Gasteiger partial charge in [-0.3, -0.25) is 9.59 Å². The standard InChI is InChI=1S/C16H29N3O2.C15H27N3O2/c1-8-13-11(3)14(18-21-13)15(20)17-10-16(5,6)12(4)19(7)9-2;1-7-12-9-13(17-20-12)14(19)16-10-15(4,5)11(3)18(6)8-2/h12H,8-10H2,1-7H3,(H,17,20);9,11H,7-8,10H2,1-6H3,(H,16,19). The molecular weight excluding hydrogens is 520 g/mol. The van der Waals surface area contributed by atoms with Crippen molar-refractivity contribution in [3.8, 4) is 0 Å². The van der Waals surface area contributed by atoms with Crippen molar-refractivity contribution in [3.63, 3.8) is 0 Å². The molecule has 0 aliphatic carbocycles. The predicted octanol–water partition coefficient (Wildman–Crippen LogP) is 4.97. The molecule has 234 valence electrons. The molecular formula is C31H56N6O4. The summed E-state index contributed by atoms with van der Waals surface area (Å²) in [6.45, 7) is 26.3. The van der Waals surface area contributed by atoms with Crippen LogP contribution in [-0.2, 0) is 12.8 Å². The molecule has 0 radical (unpaired) electrons. The van der Waals surface area contributed by atoms with Crippen molar-refractivity contribution in [2.24, 2.45) is 10.8 Å². The number of nitrogens with zero attached hydrogens (tertiary/aromatic N) is 4. The monoisotopic (exact) mass is 576 g/mol. The summed E-state index contributed by atoms with van der Waals surface area (Å²) in [5.41, 5.74) is 1.56.